The highest BCUT2D eigenvalue weighted by Crippen LogP contribution is 2.31. The maximum absolute atomic E-state index is 12.5. The fourth-order valence-corrected chi connectivity index (χ4v) is 1.60. The molecule has 0 aliphatic heterocycles. The summed E-state index contributed by atoms with van der Waals surface area (Å²) in [6.07, 6.45) is -4.41. The molecular weight excluding hydrogens is 265 g/mol. The molecule has 0 amide bonds. The van der Waals surface area contributed by atoms with Gasteiger partial charge in [0.2, 0.25) is 0 Å². The molecule has 102 valence electrons. The van der Waals surface area contributed by atoms with Crippen LogP contribution in [0.25, 0.3) is 0 Å². The van der Waals surface area contributed by atoms with Gasteiger partial charge in [-0.25, -0.2) is 0 Å². The van der Waals surface area contributed by atoms with Crippen LogP contribution in [0.2, 0.25) is 0 Å². The van der Waals surface area contributed by atoms with Crippen LogP contribution in [0.5, 0.6) is 0 Å². The van der Waals surface area contributed by atoms with Crippen molar-refractivity contribution in [2.24, 2.45) is 0 Å². The van der Waals surface area contributed by atoms with Gasteiger partial charge in [0.1, 0.15) is 0 Å². The molecule has 4 N–H and O–H groups in total. The molecule has 0 fully saturated rings. The molecule has 0 aliphatic carbocycles. The highest BCUT2D eigenvalue weighted by molar-refractivity contribution is 5.62. The molecule has 5 heteroatoms. The molecule has 20 heavy (non-hydrogen) atoms. The Hall–Kier alpha value is -2.61. The molecule has 0 spiro atoms. The van der Waals surface area contributed by atoms with E-state index < -0.39 is 11.7 Å². The Morgan fingerprint density at radius 1 is 0.800 bits per heavy atom. The second kappa shape index (κ2) is 5.17. The van der Waals surface area contributed by atoms with Crippen molar-refractivity contribution in [3.63, 3.8) is 0 Å². The quantitative estimate of drug-likeness (QED) is 0.573. The first-order valence-electron chi connectivity index (χ1n) is 5.71. The molecule has 0 heterocycles. The van der Waals surface area contributed by atoms with Crippen molar-refractivity contribution in [1.82, 2.24) is 0 Å². The Kier molecular flexibility index (Phi) is 3.57. The molecule has 2 nitrogen and oxygen atoms in total. The van der Waals surface area contributed by atoms with Gasteiger partial charge in [-0.1, -0.05) is 24.0 Å². The first-order chi connectivity index (χ1) is 9.38. The van der Waals surface area contributed by atoms with Crippen LogP contribution in [0.3, 0.4) is 0 Å². The van der Waals surface area contributed by atoms with Gasteiger partial charge in [-0.15, -0.1) is 0 Å². The minimum Gasteiger partial charge on any atom is -0.398 e. The molecule has 0 atom stereocenters. The number of para-hydroxylation sites is 1. The number of nitrogens with two attached hydrogens (primary N) is 2. The van der Waals surface area contributed by atoms with Gasteiger partial charge < -0.3 is 11.5 Å². The van der Waals surface area contributed by atoms with Gasteiger partial charge in [0.15, 0.2) is 0 Å². The van der Waals surface area contributed by atoms with E-state index in [4.69, 9.17) is 11.5 Å². The Balaban J connectivity index is 2.35. The van der Waals surface area contributed by atoms with E-state index in [1.165, 1.54) is 6.07 Å². The van der Waals surface area contributed by atoms with E-state index in [1.807, 2.05) is 0 Å². The van der Waals surface area contributed by atoms with Gasteiger partial charge in [0.25, 0.3) is 0 Å². The summed E-state index contributed by atoms with van der Waals surface area (Å²) in [7, 11) is 0. The van der Waals surface area contributed by atoms with E-state index >= 15 is 0 Å². The summed E-state index contributed by atoms with van der Waals surface area (Å²) in [5, 5.41) is 0. The lowest BCUT2D eigenvalue weighted by Gasteiger charge is -2.07. The molecular formula is C15H11F3N2. The molecule has 0 saturated carbocycles. The van der Waals surface area contributed by atoms with E-state index in [0.717, 1.165) is 12.1 Å². The zero-order valence-corrected chi connectivity index (χ0v) is 10.3. The lowest BCUT2D eigenvalue weighted by Crippen LogP contribution is -2.06. The molecule has 0 aliphatic rings. The molecule has 0 aromatic heterocycles. The number of rotatable bonds is 0. The van der Waals surface area contributed by atoms with Gasteiger partial charge in [0.05, 0.1) is 5.56 Å². The second-order valence-electron chi connectivity index (χ2n) is 4.14. The van der Waals surface area contributed by atoms with Crippen molar-refractivity contribution in [2.45, 2.75) is 6.18 Å². The van der Waals surface area contributed by atoms with Crippen molar-refractivity contribution < 1.29 is 13.2 Å². The maximum Gasteiger partial charge on any atom is 0.416 e. The molecule has 0 radical (unpaired) electrons. The number of anilines is 2. The fourth-order valence-electron chi connectivity index (χ4n) is 1.60. The zero-order chi connectivity index (χ0) is 14.8. The summed E-state index contributed by atoms with van der Waals surface area (Å²) >= 11 is 0. The highest BCUT2D eigenvalue weighted by Gasteiger charge is 2.30. The molecule has 0 bridgehead atoms. The first kappa shape index (κ1) is 13.8. The average molecular weight is 276 g/mol. The van der Waals surface area contributed by atoms with E-state index in [1.54, 1.807) is 24.3 Å². The monoisotopic (exact) mass is 276 g/mol. The Morgan fingerprint density at radius 3 is 1.95 bits per heavy atom. The first-order valence-corrected chi connectivity index (χ1v) is 5.71. The minimum absolute atomic E-state index is 0.0122. The van der Waals surface area contributed by atoms with Crippen LogP contribution in [-0.2, 0) is 6.18 Å². The van der Waals surface area contributed by atoms with Crippen LogP contribution in [-0.4, -0.2) is 0 Å². The number of alkyl halides is 3. The van der Waals surface area contributed by atoms with Crippen LogP contribution < -0.4 is 11.5 Å². The smallest absolute Gasteiger partial charge is 0.398 e. The SMILES string of the molecule is Nc1ccccc1C#Cc1ccc(C(F)(F)F)cc1N. The Bertz CT molecular complexity index is 694. The lowest BCUT2D eigenvalue weighted by atomic mass is 10.1. The molecule has 2 aromatic rings. The molecule has 0 unspecified atom stereocenters. The van der Waals surface area contributed by atoms with Crippen LogP contribution >= 0.6 is 0 Å². The van der Waals surface area contributed by atoms with Crippen molar-refractivity contribution in [2.75, 3.05) is 11.5 Å². The van der Waals surface area contributed by atoms with Crippen molar-refractivity contribution in [1.29, 1.82) is 0 Å². The Labute approximate surface area is 114 Å². The average Bonchev–Trinajstić information content (AvgIpc) is 2.38. The summed E-state index contributed by atoms with van der Waals surface area (Å²) in [5.74, 6) is 5.52. The predicted molar refractivity (Wildman–Crippen MR) is 72.7 cm³/mol. The van der Waals surface area contributed by atoms with Crippen LogP contribution in [0.4, 0.5) is 24.5 Å². The van der Waals surface area contributed by atoms with Gasteiger partial charge in [0, 0.05) is 22.5 Å². The number of nitrogen functional groups attached to an aromatic ring is 2. The van der Waals surface area contributed by atoms with Gasteiger partial charge in [-0.2, -0.15) is 13.2 Å². The number of benzene rings is 2. The Morgan fingerprint density at radius 2 is 1.40 bits per heavy atom. The summed E-state index contributed by atoms with van der Waals surface area (Å²) in [4.78, 5) is 0. The second-order valence-corrected chi connectivity index (χ2v) is 4.14. The van der Waals surface area contributed by atoms with Crippen molar-refractivity contribution in [3.8, 4) is 11.8 Å². The molecule has 2 aromatic carbocycles. The number of hydrogen-bond donors (Lipinski definition) is 2. The largest absolute Gasteiger partial charge is 0.416 e. The van der Waals surface area contributed by atoms with Crippen molar-refractivity contribution in [3.05, 3.63) is 59.2 Å². The maximum atomic E-state index is 12.5. The third kappa shape index (κ3) is 3.04. The van der Waals surface area contributed by atoms with Gasteiger partial charge in [-0.05, 0) is 30.3 Å². The minimum atomic E-state index is -4.41. The predicted octanol–water partition coefficient (Wildman–Crippen LogP) is 3.27. The van der Waals surface area contributed by atoms with E-state index in [0.29, 0.717) is 16.8 Å². The van der Waals surface area contributed by atoms with Gasteiger partial charge in [-0.3, -0.25) is 0 Å². The standard InChI is InChI=1S/C15H11F3N2/c16-15(17,18)12-8-7-11(14(20)9-12)6-5-10-3-1-2-4-13(10)19/h1-4,7-9H,19-20H2. The number of hydrogen-bond acceptors (Lipinski definition) is 2. The summed E-state index contributed by atoms with van der Waals surface area (Å²) in [6.45, 7) is 0. The molecule has 0 saturated heterocycles. The summed E-state index contributed by atoms with van der Waals surface area (Å²) in [6, 6.07) is 10.0. The highest BCUT2D eigenvalue weighted by atomic mass is 19.4. The summed E-state index contributed by atoms with van der Waals surface area (Å²) < 4.78 is 37.5. The lowest BCUT2D eigenvalue weighted by molar-refractivity contribution is -0.137. The van der Waals surface area contributed by atoms with E-state index in [-0.39, 0.29) is 5.69 Å². The molecule has 2 rings (SSSR count). The normalized spacial score (nSPS) is 10.8. The van der Waals surface area contributed by atoms with E-state index in [9.17, 15) is 13.2 Å². The third-order valence-electron chi connectivity index (χ3n) is 2.67. The summed E-state index contributed by atoms with van der Waals surface area (Å²) in [5.41, 5.74) is 11.9. The zero-order valence-electron chi connectivity index (χ0n) is 10.3. The number of halogens is 3. The topological polar surface area (TPSA) is 52.0 Å². The van der Waals surface area contributed by atoms with Crippen LogP contribution in [0.1, 0.15) is 16.7 Å². The fraction of sp³-hybridized carbons (Fsp3) is 0.0667. The van der Waals surface area contributed by atoms with E-state index in [2.05, 4.69) is 11.8 Å². The van der Waals surface area contributed by atoms with Crippen molar-refractivity contribution >= 4 is 11.4 Å². The van der Waals surface area contributed by atoms with Crippen LogP contribution in [0.15, 0.2) is 42.5 Å². The van der Waals surface area contributed by atoms with Crippen LogP contribution in [0, 0.1) is 11.8 Å². The van der Waals surface area contributed by atoms with Gasteiger partial charge >= 0.3 is 6.18 Å². The third-order valence-corrected chi connectivity index (χ3v) is 2.67.